The van der Waals surface area contributed by atoms with E-state index in [-0.39, 0.29) is 36.4 Å². The molecule has 1 saturated heterocycles. The maximum Gasteiger partial charge on any atom is 0.410 e. The number of amides is 1. The third-order valence-electron chi connectivity index (χ3n) is 8.36. The smallest absolute Gasteiger partial charge is 0.410 e. The molecule has 2 radical (unpaired) electrons. The SMILES string of the molecule is C=C1C[C@@H](C(=O)C[C@@H](CCC)C(=NC)C(=O)CC2CC2)N(C(=O)OCC2c3ccccc3-c3ccccc32)C1.[B]C. The molecule has 0 bridgehead atoms. The van der Waals surface area contributed by atoms with Crippen molar-refractivity contribution in [1.82, 2.24) is 4.90 Å². The highest BCUT2D eigenvalue weighted by Gasteiger charge is 2.39. The van der Waals surface area contributed by atoms with E-state index in [9.17, 15) is 14.4 Å². The van der Waals surface area contributed by atoms with Gasteiger partial charge in [0, 0.05) is 38.3 Å². The molecule has 0 spiro atoms. The first-order valence-corrected chi connectivity index (χ1v) is 14.8. The summed E-state index contributed by atoms with van der Waals surface area (Å²) < 4.78 is 5.88. The summed E-state index contributed by atoms with van der Waals surface area (Å²) >= 11 is 0. The van der Waals surface area contributed by atoms with Crippen LogP contribution in [-0.2, 0) is 14.3 Å². The van der Waals surface area contributed by atoms with Crippen molar-refractivity contribution in [2.75, 3.05) is 20.2 Å². The van der Waals surface area contributed by atoms with Crippen molar-refractivity contribution < 1.29 is 19.1 Å². The van der Waals surface area contributed by atoms with Crippen LogP contribution in [0.2, 0.25) is 6.82 Å². The van der Waals surface area contributed by atoms with Gasteiger partial charge in [0.05, 0.1) is 19.6 Å². The van der Waals surface area contributed by atoms with Gasteiger partial charge in [-0.2, -0.15) is 0 Å². The van der Waals surface area contributed by atoms with Gasteiger partial charge in [-0.05, 0) is 53.9 Å². The second-order valence-corrected chi connectivity index (χ2v) is 11.2. The fourth-order valence-electron chi connectivity index (χ4n) is 6.24. The van der Waals surface area contributed by atoms with Gasteiger partial charge < -0.3 is 4.74 Å². The lowest BCUT2D eigenvalue weighted by molar-refractivity contribution is -0.123. The number of fused-ring (bicyclic) bond motifs is 3. The van der Waals surface area contributed by atoms with Crippen LogP contribution in [0, 0.1) is 11.8 Å². The monoisotopic (exact) mass is 552 g/mol. The molecule has 0 unspecified atom stereocenters. The first kappa shape index (κ1) is 30.5. The van der Waals surface area contributed by atoms with Crippen LogP contribution < -0.4 is 0 Å². The lowest BCUT2D eigenvalue weighted by Crippen LogP contribution is -2.42. The summed E-state index contributed by atoms with van der Waals surface area (Å²) in [7, 11) is 6.15. The molecule has 1 aliphatic heterocycles. The van der Waals surface area contributed by atoms with E-state index >= 15 is 0 Å². The maximum absolute atomic E-state index is 13.6. The van der Waals surface area contributed by atoms with Crippen molar-refractivity contribution >= 4 is 31.2 Å². The minimum Gasteiger partial charge on any atom is -0.448 e. The average molecular weight is 553 g/mol. The Bertz CT molecular complexity index is 1270. The molecule has 2 fully saturated rings. The van der Waals surface area contributed by atoms with Crippen LogP contribution in [0.5, 0.6) is 0 Å². The summed E-state index contributed by atoms with van der Waals surface area (Å²) in [5.41, 5.74) is 6.00. The molecule has 1 saturated carbocycles. The Morgan fingerprint density at radius 1 is 1.05 bits per heavy atom. The zero-order valence-electron chi connectivity index (χ0n) is 24.6. The van der Waals surface area contributed by atoms with Gasteiger partial charge in [-0.15, -0.1) is 0 Å². The highest BCUT2D eigenvalue weighted by Crippen LogP contribution is 2.44. The zero-order chi connectivity index (χ0) is 29.5. The number of ketones is 2. The molecule has 3 aliphatic rings. The van der Waals surface area contributed by atoms with Crippen molar-refractivity contribution in [3.8, 4) is 11.1 Å². The van der Waals surface area contributed by atoms with Crippen molar-refractivity contribution in [2.24, 2.45) is 16.8 Å². The van der Waals surface area contributed by atoms with Crippen LogP contribution in [-0.4, -0.2) is 62.4 Å². The minimum absolute atomic E-state index is 0.0453. The Morgan fingerprint density at radius 3 is 2.22 bits per heavy atom. The lowest BCUT2D eigenvalue weighted by Gasteiger charge is -2.26. The predicted molar refractivity (Wildman–Crippen MR) is 165 cm³/mol. The van der Waals surface area contributed by atoms with E-state index in [2.05, 4.69) is 50.6 Å². The van der Waals surface area contributed by atoms with Gasteiger partial charge in [0.25, 0.3) is 0 Å². The van der Waals surface area contributed by atoms with Crippen molar-refractivity contribution in [3.63, 3.8) is 0 Å². The molecule has 7 heteroatoms. The summed E-state index contributed by atoms with van der Waals surface area (Å²) in [4.78, 5) is 45.7. The van der Waals surface area contributed by atoms with Crippen molar-refractivity contribution in [3.05, 3.63) is 71.8 Å². The average Bonchev–Trinajstić information content (AvgIpc) is 3.62. The number of nitrogens with zero attached hydrogens (tertiary/aromatic N) is 2. The van der Waals surface area contributed by atoms with Crippen molar-refractivity contribution in [2.45, 2.75) is 70.7 Å². The van der Waals surface area contributed by atoms with Gasteiger partial charge in [-0.25, -0.2) is 4.79 Å². The fourth-order valence-corrected chi connectivity index (χ4v) is 6.24. The molecule has 0 aromatic heterocycles. The molecule has 5 rings (SSSR count). The van der Waals surface area contributed by atoms with Gasteiger partial charge in [0.2, 0.25) is 0 Å². The summed E-state index contributed by atoms with van der Waals surface area (Å²) in [6.07, 6.45) is 4.41. The van der Waals surface area contributed by atoms with E-state index in [1.807, 2.05) is 24.3 Å². The minimum atomic E-state index is -0.621. The molecule has 2 aliphatic carbocycles. The van der Waals surface area contributed by atoms with Crippen molar-refractivity contribution in [1.29, 1.82) is 0 Å². The molecule has 0 N–H and O–H groups in total. The first-order chi connectivity index (χ1) is 19.9. The van der Waals surface area contributed by atoms with Gasteiger partial charge >= 0.3 is 6.09 Å². The molecular formula is C34H41BN2O4. The summed E-state index contributed by atoms with van der Waals surface area (Å²) in [5.74, 6) is 0.207. The van der Waals surface area contributed by atoms with E-state index in [4.69, 9.17) is 4.74 Å². The van der Waals surface area contributed by atoms with Crippen LogP contribution in [0.4, 0.5) is 4.79 Å². The highest BCUT2D eigenvalue weighted by atomic mass is 16.6. The van der Waals surface area contributed by atoms with Gasteiger partial charge in [0.1, 0.15) is 6.61 Å². The fraction of sp³-hybridized carbons (Fsp3) is 0.471. The lowest BCUT2D eigenvalue weighted by atomic mass is 9.86. The molecule has 2 aromatic rings. The summed E-state index contributed by atoms with van der Waals surface area (Å²) in [6, 6.07) is 15.8. The number of Topliss-reactive ketones (excluding diaryl/α,β-unsaturated/α-hetero) is 2. The van der Waals surface area contributed by atoms with Crippen LogP contribution in [0.25, 0.3) is 11.1 Å². The van der Waals surface area contributed by atoms with E-state index in [0.717, 1.165) is 36.0 Å². The second kappa shape index (κ2) is 13.9. The highest BCUT2D eigenvalue weighted by molar-refractivity contribution is 6.41. The third-order valence-corrected chi connectivity index (χ3v) is 8.36. The molecule has 6 nitrogen and oxygen atoms in total. The number of benzene rings is 2. The number of rotatable bonds is 11. The van der Waals surface area contributed by atoms with E-state index in [1.54, 1.807) is 7.05 Å². The normalized spacial score (nSPS) is 18.7. The Balaban J connectivity index is 0.00000189. The number of carbonyl (C=O) groups is 3. The Kier molecular flexibility index (Phi) is 10.4. The largest absolute Gasteiger partial charge is 0.448 e. The van der Waals surface area contributed by atoms with Gasteiger partial charge in [0.15, 0.2) is 11.6 Å². The number of hydrogen-bond donors (Lipinski definition) is 0. The molecule has 2 aromatic carbocycles. The summed E-state index contributed by atoms with van der Waals surface area (Å²) in [5, 5.41) is 0. The quantitative estimate of drug-likeness (QED) is 0.179. The molecule has 2 atom stereocenters. The number of carbonyl (C=O) groups excluding carboxylic acids is 3. The first-order valence-electron chi connectivity index (χ1n) is 14.8. The number of aliphatic imine (C=N–C) groups is 1. The van der Waals surface area contributed by atoms with Gasteiger partial charge in [-0.1, -0.05) is 80.9 Å². The Hall–Kier alpha value is -3.48. The summed E-state index contributed by atoms with van der Waals surface area (Å²) in [6.45, 7) is 8.14. The molecule has 214 valence electrons. The van der Waals surface area contributed by atoms with Crippen LogP contribution in [0.3, 0.4) is 0 Å². The number of hydrogen-bond acceptors (Lipinski definition) is 5. The molecule has 41 heavy (non-hydrogen) atoms. The van der Waals surface area contributed by atoms with Gasteiger partial charge in [-0.3, -0.25) is 19.5 Å². The molecular weight excluding hydrogens is 511 g/mol. The standard InChI is InChI=1S/C33H38N2O4.CH3B/c1-4-9-23(32(34-3)31(37)17-22-14-15-22)18-30(36)29-16-21(2)19-35(29)33(38)39-20-28-26-12-7-5-10-24(26)25-11-6-8-13-27(25)28;1-2/h5-8,10-13,22-23,28-29H,2,4,9,14-20H2,1,3H3;1H3/t23-,29+;/m1./s1. The number of ether oxygens (including phenoxy) is 1. The second-order valence-electron chi connectivity index (χ2n) is 11.2. The van der Waals surface area contributed by atoms with E-state index in [0.29, 0.717) is 37.4 Å². The zero-order valence-corrected chi connectivity index (χ0v) is 24.6. The number of likely N-dealkylation sites (tertiary alicyclic amines) is 1. The topological polar surface area (TPSA) is 76.0 Å². The maximum atomic E-state index is 13.6. The Labute approximate surface area is 245 Å². The molecule has 1 amide bonds. The van der Waals surface area contributed by atoms with Crippen LogP contribution >= 0.6 is 0 Å². The molecule has 1 heterocycles. The van der Waals surface area contributed by atoms with Crippen LogP contribution in [0.1, 0.15) is 68.9 Å². The Morgan fingerprint density at radius 2 is 1.66 bits per heavy atom. The third kappa shape index (κ3) is 6.88. The van der Waals surface area contributed by atoms with E-state index in [1.165, 1.54) is 22.8 Å². The predicted octanol–water partition coefficient (Wildman–Crippen LogP) is 6.58. The van der Waals surface area contributed by atoms with Crippen LogP contribution in [0.15, 0.2) is 65.7 Å². The van der Waals surface area contributed by atoms with E-state index < -0.39 is 12.1 Å².